The lowest BCUT2D eigenvalue weighted by Crippen LogP contribution is -2.32. The summed E-state index contributed by atoms with van der Waals surface area (Å²) in [6.45, 7) is 8.54. The highest BCUT2D eigenvalue weighted by atomic mass is 28.2. The van der Waals surface area contributed by atoms with Crippen LogP contribution in [0.25, 0.3) is 0 Å². The van der Waals surface area contributed by atoms with Crippen LogP contribution in [0.15, 0.2) is 0 Å². The molecule has 3 nitrogen and oxygen atoms in total. The van der Waals surface area contributed by atoms with E-state index in [-0.39, 0.29) is 5.91 Å². The second kappa shape index (κ2) is 9.19. The molecule has 0 unspecified atom stereocenters. The molecule has 0 bridgehead atoms. The van der Waals surface area contributed by atoms with Gasteiger partial charge in [0, 0.05) is 13.2 Å². The lowest BCUT2D eigenvalue weighted by atomic mass is 10.8. The van der Waals surface area contributed by atoms with Gasteiger partial charge >= 0.3 is 0 Å². The Morgan fingerprint density at radius 1 is 1.17 bits per heavy atom. The quantitative estimate of drug-likeness (QED) is 0.345. The van der Waals surface area contributed by atoms with E-state index in [2.05, 4.69) is 12.2 Å². The van der Waals surface area contributed by atoms with Gasteiger partial charge in [0.05, 0.1) is 0 Å². The molecule has 12 heavy (non-hydrogen) atoms. The average molecular weight is 189 g/mol. The molecule has 1 N–H and O–H groups in total. The molecule has 0 aromatic carbocycles. The first-order valence-electron chi connectivity index (χ1n) is 4.52. The van der Waals surface area contributed by atoms with Crippen molar-refractivity contribution in [2.75, 3.05) is 25.9 Å². The van der Waals surface area contributed by atoms with Gasteiger partial charge in [0.25, 0.3) is 0 Å². The smallest absolute Gasteiger partial charge is 0.138 e. The molecule has 0 saturated heterocycles. The lowest BCUT2D eigenvalue weighted by Gasteiger charge is -2.15. The molecule has 0 aromatic rings. The maximum absolute atomic E-state index is 5.38. The number of nitrogens with one attached hydrogen (secondary N) is 1. The van der Waals surface area contributed by atoms with Gasteiger partial charge in [0.1, 0.15) is 15.4 Å². The van der Waals surface area contributed by atoms with Gasteiger partial charge in [0.2, 0.25) is 0 Å². The highest BCUT2D eigenvalue weighted by Gasteiger charge is 2.07. The van der Waals surface area contributed by atoms with E-state index >= 15 is 0 Å². The summed E-state index contributed by atoms with van der Waals surface area (Å²) in [6, 6.07) is 0. The molecule has 0 saturated carbocycles. The molecule has 72 valence electrons. The van der Waals surface area contributed by atoms with Crippen LogP contribution in [0.4, 0.5) is 0 Å². The first-order chi connectivity index (χ1) is 5.85. The standard InChI is InChI=1S/C8H19NO2Si/c1-4-9-7-12-8(10-5-2)11-6-3/h8-9H,4-7H2,1-3H3. The minimum atomic E-state index is -0.000880. The van der Waals surface area contributed by atoms with Gasteiger partial charge in [-0.05, 0) is 26.6 Å². The fourth-order valence-electron chi connectivity index (χ4n) is 0.749. The van der Waals surface area contributed by atoms with E-state index in [1.807, 2.05) is 13.8 Å². The highest BCUT2D eigenvalue weighted by Crippen LogP contribution is 1.91. The first-order valence-corrected chi connectivity index (χ1v) is 5.80. The van der Waals surface area contributed by atoms with Crippen molar-refractivity contribution in [1.82, 2.24) is 5.32 Å². The van der Waals surface area contributed by atoms with Crippen LogP contribution >= 0.6 is 0 Å². The molecular formula is C8H19NO2Si. The summed E-state index contributed by atoms with van der Waals surface area (Å²) in [5.41, 5.74) is 0. The SMILES string of the molecule is CCNC[Si]C(OCC)OCC. The van der Waals surface area contributed by atoms with E-state index in [1.165, 1.54) is 0 Å². The van der Waals surface area contributed by atoms with Crippen molar-refractivity contribution in [2.24, 2.45) is 0 Å². The Morgan fingerprint density at radius 3 is 2.17 bits per heavy atom. The number of hydrogen-bond acceptors (Lipinski definition) is 3. The summed E-state index contributed by atoms with van der Waals surface area (Å²) in [5.74, 6) is -0.000880. The number of rotatable bonds is 8. The number of hydrogen-bond donors (Lipinski definition) is 1. The predicted octanol–water partition coefficient (Wildman–Crippen LogP) is 0.614. The summed E-state index contributed by atoms with van der Waals surface area (Å²) in [4.78, 5) is 0. The van der Waals surface area contributed by atoms with Gasteiger partial charge in [-0.3, -0.25) is 0 Å². The summed E-state index contributed by atoms with van der Waals surface area (Å²) in [6.07, 6.45) is 0.987. The fraction of sp³-hybridized carbons (Fsp3) is 1.00. The van der Waals surface area contributed by atoms with Crippen molar-refractivity contribution >= 4 is 9.52 Å². The van der Waals surface area contributed by atoms with E-state index in [1.54, 1.807) is 0 Å². The van der Waals surface area contributed by atoms with E-state index in [0.717, 1.165) is 25.9 Å². The van der Waals surface area contributed by atoms with Crippen LogP contribution in [0.5, 0.6) is 0 Å². The zero-order chi connectivity index (χ0) is 9.23. The molecule has 0 fully saturated rings. The van der Waals surface area contributed by atoms with Crippen molar-refractivity contribution < 1.29 is 9.47 Å². The van der Waals surface area contributed by atoms with Crippen LogP contribution < -0.4 is 5.32 Å². The molecule has 0 atom stereocenters. The third-order valence-electron chi connectivity index (χ3n) is 1.28. The fourth-order valence-corrected chi connectivity index (χ4v) is 1.88. The zero-order valence-corrected chi connectivity index (χ0v) is 9.22. The minimum Gasteiger partial charge on any atom is -0.357 e. The van der Waals surface area contributed by atoms with Gasteiger partial charge < -0.3 is 14.8 Å². The molecule has 0 amide bonds. The minimum absolute atomic E-state index is 0.000880. The lowest BCUT2D eigenvalue weighted by molar-refractivity contribution is -0.0827. The second-order valence-electron chi connectivity index (χ2n) is 2.23. The first kappa shape index (κ1) is 12.1. The maximum Gasteiger partial charge on any atom is 0.138 e. The van der Waals surface area contributed by atoms with Crippen molar-refractivity contribution in [1.29, 1.82) is 0 Å². The summed E-state index contributed by atoms with van der Waals surface area (Å²) >= 11 is 0. The van der Waals surface area contributed by atoms with E-state index < -0.39 is 0 Å². The summed E-state index contributed by atoms with van der Waals surface area (Å²) < 4.78 is 10.8. The Hall–Kier alpha value is 0.0969. The van der Waals surface area contributed by atoms with Crippen LogP contribution in [0.2, 0.25) is 0 Å². The van der Waals surface area contributed by atoms with Crippen molar-refractivity contribution in [3.8, 4) is 0 Å². The Bertz CT molecular complexity index is 87.1. The molecule has 4 heteroatoms. The molecule has 0 heterocycles. The largest absolute Gasteiger partial charge is 0.357 e. The molecule has 0 rings (SSSR count). The second-order valence-corrected chi connectivity index (χ2v) is 3.46. The molecule has 0 aliphatic heterocycles. The highest BCUT2D eigenvalue weighted by molar-refractivity contribution is 6.36. The van der Waals surface area contributed by atoms with Gasteiger partial charge in [-0.15, -0.1) is 0 Å². The van der Waals surface area contributed by atoms with Crippen LogP contribution in [0.1, 0.15) is 20.8 Å². The van der Waals surface area contributed by atoms with Crippen molar-refractivity contribution in [3.05, 3.63) is 0 Å². The van der Waals surface area contributed by atoms with Crippen molar-refractivity contribution in [3.63, 3.8) is 0 Å². The Kier molecular flexibility index (Phi) is 9.26. The van der Waals surface area contributed by atoms with Crippen LogP contribution in [0.3, 0.4) is 0 Å². The summed E-state index contributed by atoms with van der Waals surface area (Å²) in [7, 11) is 0.688. The molecule has 0 spiro atoms. The molecule has 0 aliphatic rings. The van der Waals surface area contributed by atoms with Gasteiger partial charge in [-0.2, -0.15) is 0 Å². The topological polar surface area (TPSA) is 30.5 Å². The van der Waals surface area contributed by atoms with E-state index in [4.69, 9.17) is 9.47 Å². The zero-order valence-electron chi connectivity index (χ0n) is 8.22. The van der Waals surface area contributed by atoms with E-state index in [0.29, 0.717) is 9.52 Å². The van der Waals surface area contributed by atoms with Gasteiger partial charge in [-0.25, -0.2) is 0 Å². The Morgan fingerprint density at radius 2 is 1.75 bits per heavy atom. The third-order valence-corrected chi connectivity index (χ3v) is 2.40. The van der Waals surface area contributed by atoms with Crippen molar-refractivity contribution in [2.45, 2.75) is 26.7 Å². The molecular weight excluding hydrogens is 170 g/mol. The summed E-state index contributed by atoms with van der Waals surface area (Å²) in [5, 5.41) is 3.25. The van der Waals surface area contributed by atoms with E-state index in [9.17, 15) is 0 Å². The Balaban J connectivity index is 3.34. The third kappa shape index (κ3) is 6.79. The molecule has 2 radical (unpaired) electrons. The maximum atomic E-state index is 5.38. The average Bonchev–Trinajstić information content (AvgIpc) is 2.06. The van der Waals surface area contributed by atoms with Crippen LogP contribution in [0, 0.1) is 0 Å². The predicted molar refractivity (Wildman–Crippen MR) is 51.3 cm³/mol. The number of ether oxygens (including phenoxy) is 2. The monoisotopic (exact) mass is 189 g/mol. The normalized spacial score (nSPS) is 11.0. The van der Waals surface area contributed by atoms with Crippen LogP contribution in [-0.4, -0.2) is 41.4 Å². The van der Waals surface area contributed by atoms with Gasteiger partial charge in [-0.1, -0.05) is 6.92 Å². The van der Waals surface area contributed by atoms with Crippen LogP contribution in [-0.2, 0) is 9.47 Å². The Labute approximate surface area is 77.6 Å². The molecule has 0 aliphatic carbocycles. The van der Waals surface area contributed by atoms with Gasteiger partial charge in [0.15, 0.2) is 0 Å². The molecule has 0 aromatic heterocycles.